The molecule has 7 heteroatoms. The number of halogens is 3. The zero-order chi connectivity index (χ0) is 19.4. The summed E-state index contributed by atoms with van der Waals surface area (Å²) in [7, 11) is 3.26. The van der Waals surface area contributed by atoms with Crippen molar-refractivity contribution in [1.29, 1.82) is 0 Å². The summed E-state index contributed by atoms with van der Waals surface area (Å²) in [6.45, 7) is 3.95. The zero-order valence-corrected chi connectivity index (χ0v) is 15.5. The molecule has 3 rings (SSSR count). The topological polar surface area (TPSA) is 26.1 Å². The highest BCUT2D eigenvalue weighted by atomic mass is 19.4. The number of benzene rings is 2. The quantitative estimate of drug-likeness (QED) is 0.863. The van der Waals surface area contributed by atoms with E-state index in [0.717, 1.165) is 55.9 Å². The molecule has 0 atom stereocenters. The second-order valence-electron chi connectivity index (χ2n) is 6.64. The van der Waals surface area contributed by atoms with E-state index in [9.17, 15) is 13.2 Å². The maximum absolute atomic E-state index is 12.9. The lowest BCUT2D eigenvalue weighted by Crippen LogP contribution is -3.13. The van der Waals surface area contributed by atoms with E-state index in [2.05, 4.69) is 0 Å². The number of anilines is 1. The molecule has 1 aliphatic rings. The van der Waals surface area contributed by atoms with Crippen LogP contribution in [0.1, 0.15) is 11.1 Å². The van der Waals surface area contributed by atoms with Crippen LogP contribution >= 0.6 is 0 Å². The van der Waals surface area contributed by atoms with Crippen molar-refractivity contribution in [3.63, 3.8) is 0 Å². The summed E-state index contributed by atoms with van der Waals surface area (Å²) in [6.07, 6.45) is -4.31. The lowest BCUT2D eigenvalue weighted by atomic mass is 10.1. The Morgan fingerprint density at radius 2 is 1.74 bits per heavy atom. The van der Waals surface area contributed by atoms with Crippen LogP contribution in [0.3, 0.4) is 0 Å². The molecule has 1 N–H and O–H groups in total. The Morgan fingerprint density at radius 1 is 1.00 bits per heavy atom. The van der Waals surface area contributed by atoms with E-state index in [1.54, 1.807) is 20.3 Å². The number of hydrogen-bond acceptors (Lipinski definition) is 3. The van der Waals surface area contributed by atoms with Gasteiger partial charge in [0.25, 0.3) is 0 Å². The van der Waals surface area contributed by atoms with E-state index < -0.39 is 11.7 Å². The van der Waals surface area contributed by atoms with Gasteiger partial charge in [0.05, 0.1) is 46.0 Å². The van der Waals surface area contributed by atoms with Crippen LogP contribution in [0.5, 0.6) is 11.5 Å². The Bertz CT molecular complexity index is 772. The first kappa shape index (κ1) is 19.4. The van der Waals surface area contributed by atoms with Crippen molar-refractivity contribution < 1.29 is 27.5 Å². The minimum absolute atomic E-state index is 0.599. The van der Waals surface area contributed by atoms with Gasteiger partial charge in [-0.1, -0.05) is 6.07 Å². The molecule has 0 bridgehead atoms. The van der Waals surface area contributed by atoms with Gasteiger partial charge in [-0.3, -0.25) is 0 Å². The molecule has 1 heterocycles. The maximum atomic E-state index is 12.9. The highest BCUT2D eigenvalue weighted by Gasteiger charge is 2.31. The first-order valence-electron chi connectivity index (χ1n) is 8.87. The van der Waals surface area contributed by atoms with Gasteiger partial charge in [-0.05, 0) is 30.3 Å². The highest BCUT2D eigenvalue weighted by molar-refractivity contribution is 5.49. The van der Waals surface area contributed by atoms with Crippen LogP contribution in [0, 0.1) is 0 Å². The molecule has 0 aromatic heterocycles. The molecule has 2 aromatic carbocycles. The van der Waals surface area contributed by atoms with E-state index >= 15 is 0 Å². The summed E-state index contributed by atoms with van der Waals surface area (Å²) in [5, 5.41) is 0. The number of alkyl halides is 3. The average molecular weight is 381 g/mol. The Balaban J connectivity index is 1.63. The number of rotatable bonds is 5. The summed E-state index contributed by atoms with van der Waals surface area (Å²) >= 11 is 0. The Labute approximate surface area is 157 Å². The molecule has 1 saturated heterocycles. The van der Waals surface area contributed by atoms with Gasteiger partial charge in [0.1, 0.15) is 18.0 Å². The molecule has 0 amide bonds. The number of nitrogens with zero attached hydrogens (tertiary/aromatic N) is 1. The Morgan fingerprint density at radius 3 is 2.37 bits per heavy atom. The first-order chi connectivity index (χ1) is 12.9. The summed E-state index contributed by atoms with van der Waals surface area (Å²) in [4.78, 5) is 3.39. The molecular formula is C20H24F3N2O2+. The van der Waals surface area contributed by atoms with Gasteiger partial charge in [0, 0.05) is 17.3 Å². The minimum atomic E-state index is -4.31. The van der Waals surface area contributed by atoms with Crippen LogP contribution in [-0.4, -0.2) is 40.4 Å². The van der Waals surface area contributed by atoms with Crippen molar-refractivity contribution in [2.24, 2.45) is 0 Å². The summed E-state index contributed by atoms with van der Waals surface area (Å²) in [5.41, 5.74) is 1.13. The van der Waals surface area contributed by atoms with Gasteiger partial charge in [-0.2, -0.15) is 13.2 Å². The van der Waals surface area contributed by atoms with Crippen molar-refractivity contribution in [1.82, 2.24) is 0 Å². The van der Waals surface area contributed by atoms with E-state index in [1.165, 1.54) is 17.0 Å². The van der Waals surface area contributed by atoms with Gasteiger partial charge in [-0.25, -0.2) is 0 Å². The van der Waals surface area contributed by atoms with Crippen LogP contribution in [0.25, 0.3) is 0 Å². The summed E-state index contributed by atoms with van der Waals surface area (Å²) in [5.74, 6) is 1.54. The van der Waals surface area contributed by atoms with Gasteiger partial charge >= 0.3 is 6.18 Å². The number of nitrogens with one attached hydrogen (secondary N) is 1. The predicted molar refractivity (Wildman–Crippen MR) is 97.6 cm³/mol. The van der Waals surface area contributed by atoms with Gasteiger partial charge < -0.3 is 19.3 Å². The summed E-state index contributed by atoms with van der Waals surface area (Å²) in [6, 6.07) is 11.3. The molecule has 0 unspecified atom stereocenters. The van der Waals surface area contributed by atoms with Crippen LogP contribution < -0.4 is 19.3 Å². The van der Waals surface area contributed by atoms with Crippen LogP contribution in [-0.2, 0) is 12.7 Å². The second kappa shape index (κ2) is 8.08. The van der Waals surface area contributed by atoms with E-state index in [-0.39, 0.29) is 0 Å². The predicted octanol–water partition coefficient (Wildman–Crippen LogP) is 2.63. The number of piperazine rings is 1. The van der Waals surface area contributed by atoms with Crippen LogP contribution in [0.15, 0.2) is 42.5 Å². The molecule has 146 valence electrons. The van der Waals surface area contributed by atoms with Crippen molar-refractivity contribution in [3.05, 3.63) is 53.6 Å². The zero-order valence-electron chi connectivity index (χ0n) is 15.5. The van der Waals surface area contributed by atoms with Gasteiger partial charge in [0.2, 0.25) is 0 Å². The third-order valence-electron chi connectivity index (χ3n) is 4.94. The monoisotopic (exact) mass is 381 g/mol. The van der Waals surface area contributed by atoms with Gasteiger partial charge in [-0.15, -0.1) is 0 Å². The van der Waals surface area contributed by atoms with Crippen molar-refractivity contribution in [3.8, 4) is 11.5 Å². The molecule has 1 aliphatic heterocycles. The molecule has 27 heavy (non-hydrogen) atoms. The lowest BCUT2D eigenvalue weighted by molar-refractivity contribution is -0.914. The molecule has 1 fully saturated rings. The lowest BCUT2D eigenvalue weighted by Gasteiger charge is -2.34. The number of ether oxygens (including phenoxy) is 2. The molecule has 0 spiro atoms. The fraction of sp³-hybridized carbons (Fsp3) is 0.400. The smallest absolute Gasteiger partial charge is 0.416 e. The summed E-state index contributed by atoms with van der Waals surface area (Å²) < 4.78 is 49.4. The molecule has 4 nitrogen and oxygen atoms in total. The van der Waals surface area contributed by atoms with Crippen molar-refractivity contribution in [2.45, 2.75) is 12.7 Å². The molecular weight excluding hydrogens is 357 g/mol. The molecule has 0 radical (unpaired) electrons. The van der Waals surface area contributed by atoms with Gasteiger partial charge in [0.15, 0.2) is 0 Å². The fourth-order valence-electron chi connectivity index (χ4n) is 3.40. The minimum Gasteiger partial charge on any atom is -0.497 e. The Kier molecular flexibility index (Phi) is 5.79. The van der Waals surface area contributed by atoms with E-state index in [1.807, 2.05) is 23.1 Å². The molecule has 0 saturated carbocycles. The fourth-order valence-corrected chi connectivity index (χ4v) is 3.40. The molecule has 0 aliphatic carbocycles. The third kappa shape index (κ3) is 4.66. The van der Waals surface area contributed by atoms with Crippen molar-refractivity contribution in [2.75, 3.05) is 45.3 Å². The normalized spacial score (nSPS) is 15.7. The van der Waals surface area contributed by atoms with Crippen LogP contribution in [0.2, 0.25) is 0 Å². The number of methoxy groups -OCH3 is 2. The van der Waals surface area contributed by atoms with Crippen molar-refractivity contribution >= 4 is 5.69 Å². The second-order valence-corrected chi connectivity index (χ2v) is 6.64. The number of hydrogen-bond donors (Lipinski definition) is 1. The first-order valence-corrected chi connectivity index (χ1v) is 8.87. The maximum Gasteiger partial charge on any atom is 0.416 e. The highest BCUT2D eigenvalue weighted by Crippen LogP contribution is 2.31. The van der Waals surface area contributed by atoms with E-state index in [4.69, 9.17) is 9.47 Å². The average Bonchev–Trinajstić information content (AvgIpc) is 2.68. The Hall–Kier alpha value is -2.41. The largest absolute Gasteiger partial charge is 0.497 e. The number of quaternary nitrogens is 1. The standard InChI is InChI=1S/C20H23F3N2O2/c1-26-18-7-6-15(19(13-18)27-2)14-24-8-10-25(11-9-24)17-5-3-4-16(12-17)20(21,22)23/h3-7,12-13H,8-11,14H2,1-2H3/p+1. The SMILES string of the molecule is COc1ccc(C[NH+]2CCN(c3cccc(C(F)(F)F)c3)CC2)c(OC)c1. The van der Waals surface area contributed by atoms with E-state index in [0.29, 0.717) is 5.69 Å². The molecule has 2 aromatic rings. The van der Waals surface area contributed by atoms with Crippen LogP contribution in [0.4, 0.5) is 18.9 Å². The third-order valence-corrected chi connectivity index (χ3v) is 4.94.